The SMILES string of the molecule is O=S(=O)(c1ccn[nH]1)c1ccccc1Cc1ccccc1. The van der Waals surface area contributed by atoms with E-state index in [0.29, 0.717) is 11.3 Å². The van der Waals surface area contributed by atoms with Gasteiger partial charge in [0.05, 0.1) is 11.1 Å². The summed E-state index contributed by atoms with van der Waals surface area (Å²) < 4.78 is 25.3. The molecule has 0 radical (unpaired) electrons. The maximum Gasteiger partial charge on any atom is 0.223 e. The lowest BCUT2D eigenvalue weighted by Gasteiger charge is -2.09. The molecule has 0 unspecified atom stereocenters. The molecule has 5 heteroatoms. The Balaban J connectivity index is 2.05. The van der Waals surface area contributed by atoms with Crippen LogP contribution in [0.5, 0.6) is 0 Å². The summed E-state index contributed by atoms with van der Waals surface area (Å²) in [4.78, 5) is 0.318. The molecule has 1 heterocycles. The van der Waals surface area contributed by atoms with Gasteiger partial charge in [0.15, 0.2) is 5.03 Å². The maximum absolute atomic E-state index is 12.6. The number of nitrogens with one attached hydrogen (secondary N) is 1. The lowest BCUT2D eigenvalue weighted by atomic mass is 10.1. The Bertz CT molecular complexity index is 826. The van der Waals surface area contributed by atoms with E-state index in [-0.39, 0.29) is 5.03 Å². The molecule has 3 rings (SSSR count). The fraction of sp³-hybridized carbons (Fsp3) is 0.0625. The Hall–Kier alpha value is -2.40. The molecule has 0 saturated carbocycles. The molecule has 0 fully saturated rings. The van der Waals surface area contributed by atoms with E-state index in [1.54, 1.807) is 12.1 Å². The summed E-state index contributed by atoms with van der Waals surface area (Å²) in [5, 5.41) is 6.37. The predicted molar refractivity (Wildman–Crippen MR) is 79.7 cm³/mol. The van der Waals surface area contributed by atoms with Crippen molar-refractivity contribution in [2.45, 2.75) is 16.3 Å². The number of benzene rings is 2. The van der Waals surface area contributed by atoms with Crippen molar-refractivity contribution < 1.29 is 8.42 Å². The van der Waals surface area contributed by atoms with Gasteiger partial charge in [-0.25, -0.2) is 8.42 Å². The average Bonchev–Trinajstić information content (AvgIpc) is 3.04. The van der Waals surface area contributed by atoms with E-state index in [4.69, 9.17) is 0 Å². The monoisotopic (exact) mass is 298 g/mol. The first-order valence-corrected chi connectivity index (χ1v) is 8.02. The predicted octanol–water partition coefficient (Wildman–Crippen LogP) is 2.83. The highest BCUT2D eigenvalue weighted by molar-refractivity contribution is 7.91. The molecule has 106 valence electrons. The van der Waals surface area contributed by atoms with E-state index in [2.05, 4.69) is 10.2 Å². The second-order valence-corrected chi connectivity index (χ2v) is 6.58. The molecule has 0 aliphatic rings. The minimum Gasteiger partial charge on any atom is -0.267 e. The van der Waals surface area contributed by atoms with Crippen molar-refractivity contribution in [1.29, 1.82) is 0 Å². The zero-order valence-corrected chi connectivity index (χ0v) is 12.0. The van der Waals surface area contributed by atoms with E-state index in [0.717, 1.165) is 11.1 Å². The molecule has 3 aromatic rings. The van der Waals surface area contributed by atoms with Crippen molar-refractivity contribution in [2.75, 3.05) is 0 Å². The summed E-state index contributed by atoms with van der Waals surface area (Å²) in [6.07, 6.45) is 2.01. The van der Waals surface area contributed by atoms with Crippen LogP contribution in [0.25, 0.3) is 0 Å². The lowest BCUT2D eigenvalue weighted by Crippen LogP contribution is -2.06. The zero-order chi connectivity index (χ0) is 14.7. The summed E-state index contributed by atoms with van der Waals surface area (Å²) in [5.41, 5.74) is 1.85. The van der Waals surface area contributed by atoms with Gasteiger partial charge in [-0.3, -0.25) is 5.10 Å². The van der Waals surface area contributed by atoms with Crippen LogP contribution >= 0.6 is 0 Å². The molecule has 0 amide bonds. The molecule has 1 aromatic heterocycles. The van der Waals surface area contributed by atoms with E-state index < -0.39 is 9.84 Å². The van der Waals surface area contributed by atoms with Crippen molar-refractivity contribution in [3.63, 3.8) is 0 Å². The molecule has 0 atom stereocenters. The minimum absolute atomic E-state index is 0.114. The van der Waals surface area contributed by atoms with Crippen molar-refractivity contribution in [2.24, 2.45) is 0 Å². The normalized spacial score (nSPS) is 11.4. The van der Waals surface area contributed by atoms with Gasteiger partial charge in [-0.1, -0.05) is 48.5 Å². The molecular weight excluding hydrogens is 284 g/mol. The molecule has 1 N–H and O–H groups in total. The highest BCUT2D eigenvalue weighted by Crippen LogP contribution is 2.24. The van der Waals surface area contributed by atoms with E-state index in [1.807, 2.05) is 42.5 Å². The van der Waals surface area contributed by atoms with E-state index in [1.165, 1.54) is 12.3 Å². The fourth-order valence-corrected chi connectivity index (χ4v) is 3.63. The molecular formula is C16H14N2O2S. The molecule has 2 aromatic carbocycles. The Morgan fingerprint density at radius 1 is 0.905 bits per heavy atom. The van der Waals surface area contributed by atoms with Crippen molar-refractivity contribution in [3.8, 4) is 0 Å². The number of nitrogens with zero attached hydrogens (tertiary/aromatic N) is 1. The van der Waals surface area contributed by atoms with Gasteiger partial charge in [-0.15, -0.1) is 0 Å². The van der Waals surface area contributed by atoms with Crippen molar-refractivity contribution >= 4 is 9.84 Å². The third-order valence-corrected chi connectivity index (χ3v) is 5.05. The zero-order valence-electron chi connectivity index (χ0n) is 11.2. The fourth-order valence-electron chi connectivity index (χ4n) is 2.24. The number of H-pyrrole nitrogens is 1. The van der Waals surface area contributed by atoms with Gasteiger partial charge in [0.1, 0.15) is 0 Å². The van der Waals surface area contributed by atoms with E-state index >= 15 is 0 Å². The highest BCUT2D eigenvalue weighted by Gasteiger charge is 2.22. The van der Waals surface area contributed by atoms with Crippen LogP contribution in [-0.2, 0) is 16.3 Å². The van der Waals surface area contributed by atoms with Crippen LogP contribution in [0.4, 0.5) is 0 Å². The van der Waals surface area contributed by atoms with Crippen LogP contribution < -0.4 is 0 Å². The first-order chi connectivity index (χ1) is 10.2. The van der Waals surface area contributed by atoms with Crippen LogP contribution in [0.1, 0.15) is 11.1 Å². The topological polar surface area (TPSA) is 62.8 Å². The van der Waals surface area contributed by atoms with Crippen LogP contribution in [0, 0.1) is 0 Å². The van der Waals surface area contributed by atoms with E-state index in [9.17, 15) is 8.42 Å². The number of sulfone groups is 1. The van der Waals surface area contributed by atoms with Crippen molar-refractivity contribution in [3.05, 3.63) is 78.0 Å². The number of rotatable bonds is 4. The van der Waals surface area contributed by atoms with Crippen LogP contribution in [0.15, 0.2) is 76.8 Å². The second kappa shape index (κ2) is 5.54. The maximum atomic E-state index is 12.6. The van der Waals surface area contributed by atoms with Gasteiger partial charge in [-0.05, 0) is 29.7 Å². The second-order valence-electron chi connectivity index (χ2n) is 4.69. The first kappa shape index (κ1) is 13.6. The summed E-state index contributed by atoms with van der Waals surface area (Å²) in [6.45, 7) is 0. The third-order valence-electron chi connectivity index (χ3n) is 3.26. The number of hydrogen-bond acceptors (Lipinski definition) is 3. The van der Waals surface area contributed by atoms with Gasteiger partial charge in [-0.2, -0.15) is 5.10 Å². The van der Waals surface area contributed by atoms with Crippen LogP contribution in [-0.4, -0.2) is 18.6 Å². The van der Waals surface area contributed by atoms with Gasteiger partial charge in [0, 0.05) is 0 Å². The van der Waals surface area contributed by atoms with Gasteiger partial charge < -0.3 is 0 Å². The number of hydrogen-bond donors (Lipinski definition) is 1. The largest absolute Gasteiger partial charge is 0.267 e. The molecule has 0 bridgehead atoms. The third kappa shape index (κ3) is 2.73. The summed E-state index contributed by atoms with van der Waals surface area (Å²) in [6, 6.07) is 18.3. The Labute approximate surface area is 123 Å². The highest BCUT2D eigenvalue weighted by atomic mass is 32.2. The smallest absolute Gasteiger partial charge is 0.223 e. The molecule has 4 nitrogen and oxygen atoms in total. The van der Waals surface area contributed by atoms with Crippen molar-refractivity contribution in [1.82, 2.24) is 10.2 Å². The number of aromatic amines is 1. The van der Waals surface area contributed by atoms with Gasteiger partial charge >= 0.3 is 0 Å². The Kier molecular flexibility index (Phi) is 3.58. The van der Waals surface area contributed by atoms with Crippen LogP contribution in [0.3, 0.4) is 0 Å². The molecule has 0 spiro atoms. The molecule has 0 aliphatic heterocycles. The number of aromatic nitrogens is 2. The Morgan fingerprint density at radius 2 is 1.62 bits per heavy atom. The minimum atomic E-state index is -3.56. The van der Waals surface area contributed by atoms with Gasteiger partial charge in [0.2, 0.25) is 9.84 Å². The molecule has 0 aliphatic carbocycles. The lowest BCUT2D eigenvalue weighted by molar-refractivity contribution is 0.591. The quantitative estimate of drug-likeness (QED) is 0.805. The summed E-state index contributed by atoms with van der Waals surface area (Å²) in [7, 11) is -3.56. The molecule has 0 saturated heterocycles. The first-order valence-electron chi connectivity index (χ1n) is 6.54. The summed E-state index contributed by atoms with van der Waals surface area (Å²) >= 11 is 0. The summed E-state index contributed by atoms with van der Waals surface area (Å²) in [5.74, 6) is 0. The van der Waals surface area contributed by atoms with Crippen LogP contribution in [0.2, 0.25) is 0 Å². The van der Waals surface area contributed by atoms with Gasteiger partial charge in [0.25, 0.3) is 0 Å². The Morgan fingerprint density at radius 3 is 2.33 bits per heavy atom. The average molecular weight is 298 g/mol. The standard InChI is InChI=1S/C16H14N2O2S/c19-21(20,16-10-11-17-18-16)15-9-5-4-8-14(15)12-13-6-2-1-3-7-13/h1-11H,12H2,(H,17,18). The molecule has 21 heavy (non-hydrogen) atoms.